The summed E-state index contributed by atoms with van der Waals surface area (Å²) in [5, 5.41) is 0.941. The number of nitrogens with zero attached hydrogens (tertiary/aromatic N) is 5. The molecule has 7 rings (SSSR count). The molecule has 0 saturated carbocycles. The molecule has 3 aliphatic rings. The van der Waals surface area contributed by atoms with Crippen LogP contribution in [0.15, 0.2) is 60.7 Å². The molecule has 2 unspecified atom stereocenters. The molecule has 2 aromatic heterocycles. The highest BCUT2D eigenvalue weighted by molar-refractivity contribution is 5.90. The first-order chi connectivity index (χ1) is 25.6. The van der Waals surface area contributed by atoms with Gasteiger partial charge in [0.1, 0.15) is 11.6 Å². The Hall–Kier alpha value is -4.36. The second-order valence-electron chi connectivity index (χ2n) is 13.9. The lowest BCUT2D eigenvalue weighted by Gasteiger charge is -2.37. The molecular weight excluding hydrogens is 660 g/mol. The van der Waals surface area contributed by atoms with Gasteiger partial charge in [0.15, 0.2) is 5.65 Å². The average Bonchev–Trinajstić information content (AvgIpc) is 3.43. The Morgan fingerprint density at radius 2 is 1.73 bits per heavy atom. The quantitative estimate of drug-likeness (QED) is 0.109. The van der Waals surface area contributed by atoms with Gasteiger partial charge in [-0.05, 0) is 68.5 Å². The minimum absolute atomic E-state index is 0.0934. The van der Waals surface area contributed by atoms with Gasteiger partial charge < -0.3 is 28.7 Å². The molecule has 276 valence electrons. The van der Waals surface area contributed by atoms with Gasteiger partial charge in [0.05, 0.1) is 76.0 Å². The molecule has 0 spiro atoms. The van der Waals surface area contributed by atoms with Crippen molar-refractivity contribution in [1.82, 2.24) is 20.4 Å². The van der Waals surface area contributed by atoms with E-state index < -0.39 is 0 Å². The summed E-state index contributed by atoms with van der Waals surface area (Å²) in [5.41, 5.74) is 7.01. The lowest BCUT2D eigenvalue weighted by Crippen LogP contribution is -2.47. The first kappa shape index (κ1) is 36.0. The normalized spacial score (nSPS) is 20.0. The molecule has 2 bridgehead atoms. The predicted octanol–water partition coefficient (Wildman–Crippen LogP) is 6.01. The highest BCUT2D eigenvalue weighted by Crippen LogP contribution is 2.36. The molecule has 3 aliphatic heterocycles. The average molecular weight is 711 g/mol. The number of methoxy groups -OCH3 is 1. The molecule has 5 heterocycles. The van der Waals surface area contributed by atoms with Gasteiger partial charge in [-0.1, -0.05) is 43.2 Å². The number of morpholine rings is 2. The van der Waals surface area contributed by atoms with Crippen LogP contribution in [0.3, 0.4) is 0 Å². The molecular formula is C40H50N6O6. The first-order valence-corrected chi connectivity index (χ1v) is 18.7. The Labute approximate surface area is 305 Å². The third-order valence-corrected chi connectivity index (χ3v) is 10.2. The smallest absolute Gasteiger partial charge is 0.243 e. The van der Waals surface area contributed by atoms with Gasteiger partial charge in [-0.2, -0.15) is 9.97 Å². The summed E-state index contributed by atoms with van der Waals surface area (Å²) in [6.45, 7) is 7.10. The van der Waals surface area contributed by atoms with Crippen LogP contribution >= 0.6 is 0 Å². The van der Waals surface area contributed by atoms with Gasteiger partial charge in [-0.3, -0.25) is 9.63 Å². The summed E-state index contributed by atoms with van der Waals surface area (Å²) in [6.07, 6.45) is 6.27. The molecule has 0 radical (unpaired) electrons. The van der Waals surface area contributed by atoms with Crippen molar-refractivity contribution in [1.29, 1.82) is 0 Å². The molecule has 3 saturated heterocycles. The lowest BCUT2D eigenvalue weighted by atomic mass is 10.1. The van der Waals surface area contributed by atoms with Crippen LogP contribution in [0.2, 0.25) is 0 Å². The van der Waals surface area contributed by atoms with Crippen molar-refractivity contribution in [2.45, 2.75) is 83.2 Å². The first-order valence-electron chi connectivity index (χ1n) is 18.7. The van der Waals surface area contributed by atoms with Crippen LogP contribution < -0.4 is 20.0 Å². The van der Waals surface area contributed by atoms with E-state index in [0.717, 1.165) is 90.4 Å². The minimum atomic E-state index is -0.0934. The van der Waals surface area contributed by atoms with E-state index in [2.05, 4.69) is 40.4 Å². The highest BCUT2D eigenvalue weighted by Gasteiger charge is 2.39. The number of rotatable bonds is 16. The van der Waals surface area contributed by atoms with Crippen LogP contribution in [0.25, 0.3) is 22.3 Å². The topological polar surface area (TPSA) is 120 Å². The Balaban J connectivity index is 0.966. The van der Waals surface area contributed by atoms with Gasteiger partial charge in [-0.15, -0.1) is 0 Å². The van der Waals surface area contributed by atoms with E-state index >= 15 is 0 Å². The van der Waals surface area contributed by atoms with E-state index in [1.165, 1.54) is 0 Å². The summed E-state index contributed by atoms with van der Waals surface area (Å²) in [5.74, 6) is 2.34. The number of pyridine rings is 1. The fraction of sp³-hybridized carbons (Fsp3) is 0.500. The van der Waals surface area contributed by atoms with Crippen molar-refractivity contribution >= 4 is 28.7 Å². The number of ether oxygens (including phenoxy) is 4. The highest BCUT2D eigenvalue weighted by atomic mass is 16.6. The van der Waals surface area contributed by atoms with Gasteiger partial charge in [0, 0.05) is 30.7 Å². The van der Waals surface area contributed by atoms with Gasteiger partial charge >= 0.3 is 0 Å². The second-order valence-corrected chi connectivity index (χ2v) is 13.9. The van der Waals surface area contributed by atoms with E-state index in [-0.39, 0.29) is 24.0 Å². The number of hydrogen-bond donors (Lipinski definition) is 1. The number of fused-ring (bicyclic) bond motifs is 3. The summed E-state index contributed by atoms with van der Waals surface area (Å²) >= 11 is 0. The Morgan fingerprint density at radius 1 is 0.904 bits per heavy atom. The van der Waals surface area contributed by atoms with Crippen LogP contribution in [0, 0.1) is 0 Å². The molecule has 1 amide bonds. The summed E-state index contributed by atoms with van der Waals surface area (Å²) in [4.78, 5) is 37.6. The van der Waals surface area contributed by atoms with Crippen molar-refractivity contribution in [2.75, 3.05) is 56.5 Å². The van der Waals surface area contributed by atoms with Crippen molar-refractivity contribution in [3.8, 4) is 17.0 Å². The fourth-order valence-electron chi connectivity index (χ4n) is 7.38. The van der Waals surface area contributed by atoms with Crippen LogP contribution in [0.1, 0.15) is 63.0 Å². The monoisotopic (exact) mass is 710 g/mol. The molecule has 2 aromatic carbocycles. The van der Waals surface area contributed by atoms with Gasteiger partial charge in [0.25, 0.3) is 0 Å². The summed E-state index contributed by atoms with van der Waals surface area (Å²) < 4.78 is 23.4. The predicted molar refractivity (Wildman–Crippen MR) is 199 cm³/mol. The molecule has 12 heteroatoms. The van der Waals surface area contributed by atoms with E-state index in [1.807, 2.05) is 42.5 Å². The molecule has 3 fully saturated rings. The number of anilines is 2. The Morgan fingerprint density at radius 3 is 2.54 bits per heavy atom. The fourth-order valence-corrected chi connectivity index (χ4v) is 7.38. The zero-order valence-electron chi connectivity index (χ0n) is 30.3. The van der Waals surface area contributed by atoms with Crippen LogP contribution in [-0.2, 0) is 37.1 Å². The van der Waals surface area contributed by atoms with E-state index in [0.29, 0.717) is 58.3 Å². The maximum absolute atomic E-state index is 12.1. The summed E-state index contributed by atoms with van der Waals surface area (Å²) in [6, 6.07) is 20.8. The number of hydrogen-bond acceptors (Lipinski definition) is 11. The number of benzene rings is 2. The molecule has 4 aromatic rings. The standard InChI is InChI=1S/C40H50N6O6/c1-28-23-50-21-19-45(28)39-34-16-17-35(41-38(34)42-40(43-39)46-32-14-15-33(46)27-51-26-32)30-13-18-36(48-2)31(22-30)25-49-20-9-4-3-8-12-37(47)44-52-24-29-10-6-5-7-11-29/h5-7,10-11,13,16-18,22,28,32-33H,3-4,8-9,12,14-15,19-21,23-27H2,1-2H3,(H,44,47)/t28-,32?,33?/m0/s1. The van der Waals surface area contributed by atoms with Gasteiger partial charge in [0.2, 0.25) is 11.9 Å². The minimum Gasteiger partial charge on any atom is -0.496 e. The third kappa shape index (κ3) is 8.63. The number of hydroxylamine groups is 1. The SMILES string of the molecule is COc1ccc(-c2ccc3c(N4CCOC[C@@H]4C)nc(N4C5CCC4COC5)nc3n2)cc1COCCCCCCC(=O)NOCc1ccccc1. The number of amides is 1. The number of carbonyl (C=O) groups excluding carboxylic acids is 1. The maximum Gasteiger partial charge on any atom is 0.243 e. The van der Waals surface area contributed by atoms with E-state index in [4.69, 9.17) is 38.7 Å². The molecule has 52 heavy (non-hydrogen) atoms. The summed E-state index contributed by atoms with van der Waals surface area (Å²) in [7, 11) is 1.68. The lowest BCUT2D eigenvalue weighted by molar-refractivity contribution is -0.134. The van der Waals surface area contributed by atoms with Crippen molar-refractivity contribution < 1.29 is 28.6 Å². The number of nitrogens with one attached hydrogen (secondary N) is 1. The van der Waals surface area contributed by atoms with E-state index in [1.54, 1.807) is 7.11 Å². The number of unbranched alkanes of at least 4 members (excludes halogenated alkanes) is 3. The van der Waals surface area contributed by atoms with Crippen LogP contribution in [0.4, 0.5) is 11.8 Å². The third-order valence-electron chi connectivity index (χ3n) is 10.2. The van der Waals surface area contributed by atoms with Crippen molar-refractivity contribution in [3.05, 3.63) is 71.8 Å². The molecule has 12 nitrogen and oxygen atoms in total. The van der Waals surface area contributed by atoms with Crippen molar-refractivity contribution in [2.24, 2.45) is 0 Å². The largest absolute Gasteiger partial charge is 0.496 e. The molecule has 0 aliphatic carbocycles. The van der Waals surface area contributed by atoms with Crippen molar-refractivity contribution in [3.63, 3.8) is 0 Å². The molecule has 1 N–H and O–H groups in total. The zero-order valence-corrected chi connectivity index (χ0v) is 30.3. The zero-order chi connectivity index (χ0) is 35.7. The molecule has 3 atom stereocenters. The van der Waals surface area contributed by atoms with Crippen LogP contribution in [0.5, 0.6) is 5.75 Å². The van der Waals surface area contributed by atoms with Gasteiger partial charge in [-0.25, -0.2) is 10.5 Å². The Bertz CT molecular complexity index is 1780. The van der Waals surface area contributed by atoms with E-state index in [9.17, 15) is 4.79 Å². The maximum atomic E-state index is 12.1. The number of carbonyl (C=O) groups is 1. The van der Waals surface area contributed by atoms with Crippen LogP contribution in [-0.4, -0.2) is 85.7 Å². The second kappa shape index (κ2) is 17.4. The number of aromatic nitrogens is 3. The Kier molecular flexibility index (Phi) is 12.1.